The van der Waals surface area contributed by atoms with Crippen LogP contribution < -0.4 is 10.9 Å². The first-order chi connectivity index (χ1) is 31.4. The second-order valence-electron chi connectivity index (χ2n) is 24.5. The standard InChI is InChI=1S/C62H65BN2/c1-59(2,3)42-20-22-53-46(30-42)50-32-44(60(4,5)6)35-52-58(50)64(53)55-29-41(40-18-8-7-9-19-40)28-48-51-34-45(62-26-12-16-39(37-62)17-13-27-62)33-49-47-31-43(61-24-10-14-38(36-61)15-11-25-61)21-23-54(47)65(57(49)51)63(52)56(48)55/h7-9,18-23,28-35,38-39H,10-17,24-27,36-37H2,1-6H3. The minimum Gasteiger partial charge on any atom is -0.375 e. The van der Waals surface area contributed by atoms with E-state index in [1.54, 1.807) is 11.1 Å². The minimum absolute atomic E-state index is 0.0141. The molecular weight excluding hydrogens is 784 g/mol. The summed E-state index contributed by atoms with van der Waals surface area (Å²) in [6, 6.07) is 42.6. The molecule has 326 valence electrons. The van der Waals surface area contributed by atoms with Crippen molar-refractivity contribution in [1.82, 2.24) is 9.05 Å². The summed E-state index contributed by atoms with van der Waals surface area (Å²) in [6.07, 6.45) is 19.3. The molecular formula is C62H65BN2. The highest BCUT2D eigenvalue weighted by atomic mass is 15.0. The number of aromatic nitrogens is 2. The molecule has 4 fully saturated rings. The van der Waals surface area contributed by atoms with Crippen molar-refractivity contribution in [3.05, 3.63) is 125 Å². The molecule has 0 unspecified atom stereocenters. The summed E-state index contributed by atoms with van der Waals surface area (Å²) in [5, 5.41) is 5.79. The van der Waals surface area contributed by atoms with Gasteiger partial charge in [-0.3, -0.25) is 0 Å². The van der Waals surface area contributed by atoms with Gasteiger partial charge in [-0.15, -0.1) is 0 Å². The minimum atomic E-state index is -0.0141. The van der Waals surface area contributed by atoms with E-state index in [0.717, 1.165) is 11.8 Å². The lowest BCUT2D eigenvalue weighted by molar-refractivity contribution is 0.149. The molecule has 65 heavy (non-hydrogen) atoms. The topological polar surface area (TPSA) is 9.86 Å². The van der Waals surface area contributed by atoms with Gasteiger partial charge >= 0.3 is 6.85 Å². The van der Waals surface area contributed by atoms with Gasteiger partial charge in [0.05, 0.1) is 11.0 Å². The molecule has 4 saturated carbocycles. The Kier molecular flexibility index (Phi) is 8.03. The van der Waals surface area contributed by atoms with Gasteiger partial charge in [-0.2, -0.15) is 0 Å². The predicted octanol–water partition coefficient (Wildman–Crippen LogP) is 15.3. The van der Waals surface area contributed by atoms with Crippen molar-refractivity contribution in [1.29, 1.82) is 0 Å². The SMILES string of the molecule is CC(C)(C)c1ccc2c(c1)c1cc(C(C)(C)C)cc3c1n2-c1cc(-c2ccccc2)cc2c1B3n1c3ccc(C45CCCC(CCC4)C5)cc3c3cc(C45CCCC(CCC4)C5)cc-2c31. The van der Waals surface area contributed by atoms with E-state index in [-0.39, 0.29) is 23.1 Å². The lowest BCUT2D eigenvalue weighted by Crippen LogP contribution is -2.55. The number of hydrogen-bond donors (Lipinski definition) is 0. The Morgan fingerprint density at radius 1 is 0.508 bits per heavy atom. The zero-order valence-corrected chi connectivity index (χ0v) is 39.8. The summed E-state index contributed by atoms with van der Waals surface area (Å²) in [5.41, 5.74) is 22.1. The molecule has 0 amide bonds. The van der Waals surface area contributed by atoms with Crippen LogP contribution in [0.25, 0.3) is 71.6 Å². The van der Waals surface area contributed by atoms with Crippen LogP contribution in [0.5, 0.6) is 0 Å². The van der Waals surface area contributed by atoms with Gasteiger partial charge in [0.15, 0.2) is 0 Å². The summed E-state index contributed by atoms with van der Waals surface area (Å²) in [7, 11) is 0. The lowest BCUT2D eigenvalue weighted by atomic mass is 9.45. The number of nitrogens with zero attached hydrogens (tertiary/aromatic N) is 2. The first-order valence-electron chi connectivity index (χ1n) is 25.9. The smallest absolute Gasteiger partial charge is 0.333 e. The van der Waals surface area contributed by atoms with Crippen molar-refractivity contribution in [2.45, 2.75) is 153 Å². The monoisotopic (exact) mass is 849 g/mol. The maximum atomic E-state index is 2.88. The third-order valence-corrected chi connectivity index (χ3v) is 18.8. The van der Waals surface area contributed by atoms with Crippen molar-refractivity contribution in [2.24, 2.45) is 11.8 Å². The first kappa shape index (κ1) is 39.2. The third-order valence-electron chi connectivity index (χ3n) is 18.8. The van der Waals surface area contributed by atoms with Gasteiger partial charge in [-0.25, -0.2) is 0 Å². The summed E-state index contributed by atoms with van der Waals surface area (Å²) in [4.78, 5) is 0. The molecule has 0 radical (unpaired) electrons. The fourth-order valence-corrected chi connectivity index (χ4v) is 15.6. The molecule has 2 aromatic heterocycles. The zero-order chi connectivity index (χ0) is 43.8. The normalized spacial score (nSPS) is 24.6. The van der Waals surface area contributed by atoms with Gasteiger partial charge in [-0.05, 0) is 176 Å². The van der Waals surface area contributed by atoms with E-state index in [0.29, 0.717) is 5.41 Å². The molecule has 2 nitrogen and oxygen atoms in total. The number of hydrogen-bond acceptors (Lipinski definition) is 0. The molecule has 0 N–H and O–H groups in total. The maximum Gasteiger partial charge on any atom is 0.333 e. The van der Waals surface area contributed by atoms with Crippen LogP contribution in [0, 0.1) is 11.8 Å². The molecule has 6 aliphatic rings. The van der Waals surface area contributed by atoms with Gasteiger partial charge in [0.25, 0.3) is 0 Å². The Balaban J connectivity index is 1.15. The fraction of sp³-hybridized carbons (Fsp3) is 0.419. The van der Waals surface area contributed by atoms with Crippen molar-refractivity contribution < 1.29 is 0 Å². The average Bonchev–Trinajstić information content (AvgIpc) is 3.81. The molecule has 14 rings (SSSR count). The molecule has 6 aromatic carbocycles. The molecule has 3 heteroatoms. The highest BCUT2D eigenvalue weighted by molar-refractivity contribution is 6.90. The van der Waals surface area contributed by atoms with E-state index in [4.69, 9.17) is 0 Å². The van der Waals surface area contributed by atoms with Gasteiger partial charge in [0.2, 0.25) is 0 Å². The van der Waals surface area contributed by atoms with Crippen molar-refractivity contribution in [2.75, 3.05) is 0 Å². The second kappa shape index (κ2) is 13.3. The summed E-state index contributed by atoms with van der Waals surface area (Å²) < 4.78 is 5.60. The first-order valence-corrected chi connectivity index (χ1v) is 25.9. The zero-order valence-electron chi connectivity index (χ0n) is 39.8. The van der Waals surface area contributed by atoms with E-state index >= 15 is 0 Å². The van der Waals surface area contributed by atoms with Gasteiger partial charge in [-0.1, -0.05) is 141 Å². The quantitative estimate of drug-likeness (QED) is 0.157. The van der Waals surface area contributed by atoms with Crippen molar-refractivity contribution >= 4 is 61.4 Å². The number of benzene rings is 6. The lowest BCUT2D eigenvalue weighted by Gasteiger charge is -2.46. The number of rotatable bonds is 3. The van der Waals surface area contributed by atoms with Crippen LogP contribution >= 0.6 is 0 Å². The molecule has 0 spiro atoms. The highest BCUT2D eigenvalue weighted by Gasteiger charge is 2.46. The Bertz CT molecular complexity index is 3300. The molecule has 8 aromatic rings. The summed E-state index contributed by atoms with van der Waals surface area (Å²) in [5.74, 6) is 1.77. The van der Waals surface area contributed by atoms with E-state index in [1.165, 1.54) is 183 Å². The van der Waals surface area contributed by atoms with Gasteiger partial charge in [0.1, 0.15) is 0 Å². The van der Waals surface area contributed by atoms with Crippen LogP contribution in [0.3, 0.4) is 0 Å². The maximum absolute atomic E-state index is 2.88. The highest BCUT2D eigenvalue weighted by Crippen LogP contribution is 2.55. The molecule has 0 atom stereocenters. The predicted molar refractivity (Wildman–Crippen MR) is 277 cm³/mol. The van der Waals surface area contributed by atoms with E-state index in [2.05, 4.69) is 154 Å². The Morgan fingerprint density at radius 3 is 1.78 bits per heavy atom. The second-order valence-corrected chi connectivity index (χ2v) is 24.5. The van der Waals surface area contributed by atoms with Gasteiger partial charge < -0.3 is 9.05 Å². The molecule has 4 heterocycles. The fourth-order valence-electron chi connectivity index (χ4n) is 15.6. The Morgan fingerprint density at radius 2 is 1.11 bits per heavy atom. The summed E-state index contributed by atoms with van der Waals surface area (Å²) >= 11 is 0. The number of fused-ring (bicyclic) bond motifs is 14. The van der Waals surface area contributed by atoms with Crippen LogP contribution in [-0.4, -0.2) is 15.9 Å². The van der Waals surface area contributed by atoms with E-state index in [9.17, 15) is 0 Å². The van der Waals surface area contributed by atoms with Crippen LogP contribution in [0.2, 0.25) is 0 Å². The van der Waals surface area contributed by atoms with Crippen LogP contribution in [0.15, 0.2) is 103 Å². The van der Waals surface area contributed by atoms with Crippen molar-refractivity contribution in [3.8, 4) is 27.9 Å². The Labute approximate surface area is 386 Å². The molecule has 4 aliphatic carbocycles. The van der Waals surface area contributed by atoms with E-state index < -0.39 is 0 Å². The molecule has 2 aliphatic heterocycles. The molecule has 4 bridgehead atoms. The van der Waals surface area contributed by atoms with Crippen LogP contribution in [0.4, 0.5) is 0 Å². The third kappa shape index (κ3) is 5.48. The van der Waals surface area contributed by atoms with Crippen LogP contribution in [0.1, 0.15) is 154 Å². The molecule has 0 saturated heterocycles. The Hall–Kier alpha value is -5.02. The van der Waals surface area contributed by atoms with Gasteiger partial charge in [0, 0.05) is 43.8 Å². The summed E-state index contributed by atoms with van der Waals surface area (Å²) in [6.45, 7) is 14.4. The van der Waals surface area contributed by atoms with E-state index in [1.807, 2.05) is 0 Å². The largest absolute Gasteiger partial charge is 0.375 e. The van der Waals surface area contributed by atoms with Crippen LogP contribution in [-0.2, 0) is 21.7 Å². The van der Waals surface area contributed by atoms with Crippen molar-refractivity contribution in [3.63, 3.8) is 0 Å². The average molecular weight is 849 g/mol.